The number of nitrogens with one attached hydrogen (secondary N) is 1. The molecule has 3 aromatic rings. The third-order valence-electron chi connectivity index (χ3n) is 3.49. The molecule has 0 unspecified atom stereocenters. The summed E-state index contributed by atoms with van der Waals surface area (Å²) in [5.74, 6) is -2.31. The van der Waals surface area contributed by atoms with Gasteiger partial charge in [0.25, 0.3) is 5.91 Å². The van der Waals surface area contributed by atoms with Crippen LogP contribution in [0.15, 0.2) is 36.4 Å². The molecule has 0 aliphatic carbocycles. The molecule has 0 atom stereocenters. The number of nitrogens with zero attached hydrogens (tertiary/aromatic N) is 1. The van der Waals surface area contributed by atoms with E-state index in [-0.39, 0.29) is 11.3 Å². The molecule has 25 heavy (non-hydrogen) atoms. The first-order chi connectivity index (χ1) is 11.8. The Bertz CT molecular complexity index is 927. The second-order valence-electron chi connectivity index (χ2n) is 5.29. The number of rotatable bonds is 3. The predicted octanol–water partition coefficient (Wildman–Crippen LogP) is 3.19. The number of anilines is 1. The van der Waals surface area contributed by atoms with E-state index < -0.39 is 23.2 Å². The van der Waals surface area contributed by atoms with E-state index in [0.29, 0.717) is 10.8 Å². The van der Waals surface area contributed by atoms with Gasteiger partial charge in [-0.1, -0.05) is 0 Å². The van der Waals surface area contributed by atoms with Crippen molar-refractivity contribution < 1.29 is 25.2 Å². The number of aryl methyl sites for hydroxylation is 1. The molecule has 1 heterocycles. The Labute approximate surface area is 146 Å². The standard InChI is InChI=1S/C17H14N2O5S/c1-8-14(9-2-4-11(20)5-3-9)18-17(25-8)19-16(24)10-6-12(21)15(23)13(22)7-10/h2-7,20-23H,1H3,(H,18,19,24). The fraction of sp³-hybridized carbons (Fsp3) is 0.0588. The Morgan fingerprint density at radius 3 is 2.24 bits per heavy atom. The number of phenolic OH excluding ortho intramolecular Hbond substituents is 4. The highest BCUT2D eigenvalue weighted by Crippen LogP contribution is 2.36. The summed E-state index contributed by atoms with van der Waals surface area (Å²) in [6, 6.07) is 8.64. The van der Waals surface area contributed by atoms with E-state index in [1.54, 1.807) is 24.3 Å². The lowest BCUT2D eigenvalue weighted by Crippen LogP contribution is -2.11. The molecule has 1 amide bonds. The number of aromatic hydroxyl groups is 4. The van der Waals surface area contributed by atoms with Gasteiger partial charge in [0.05, 0.1) is 5.69 Å². The zero-order valence-corrected chi connectivity index (χ0v) is 13.8. The maximum atomic E-state index is 12.3. The fourth-order valence-corrected chi connectivity index (χ4v) is 3.07. The van der Waals surface area contributed by atoms with Crippen molar-refractivity contribution in [2.75, 3.05) is 5.32 Å². The molecular formula is C17H14N2O5S. The minimum Gasteiger partial charge on any atom is -0.508 e. The average molecular weight is 358 g/mol. The summed E-state index contributed by atoms with van der Waals surface area (Å²) in [7, 11) is 0. The molecule has 8 heteroatoms. The van der Waals surface area contributed by atoms with Crippen molar-refractivity contribution >= 4 is 22.4 Å². The van der Waals surface area contributed by atoms with Crippen molar-refractivity contribution in [1.29, 1.82) is 0 Å². The van der Waals surface area contributed by atoms with Gasteiger partial charge in [-0.25, -0.2) is 4.98 Å². The average Bonchev–Trinajstić information content (AvgIpc) is 2.93. The van der Waals surface area contributed by atoms with Crippen LogP contribution in [-0.2, 0) is 0 Å². The molecule has 0 aliphatic rings. The molecule has 0 saturated carbocycles. The Balaban J connectivity index is 1.85. The monoisotopic (exact) mass is 358 g/mol. The number of benzene rings is 2. The van der Waals surface area contributed by atoms with Crippen LogP contribution in [0, 0.1) is 6.92 Å². The maximum absolute atomic E-state index is 12.3. The summed E-state index contributed by atoms with van der Waals surface area (Å²) in [4.78, 5) is 17.5. The summed E-state index contributed by atoms with van der Waals surface area (Å²) >= 11 is 1.27. The summed E-state index contributed by atoms with van der Waals surface area (Å²) in [6.45, 7) is 1.85. The minimum atomic E-state index is -0.684. The molecule has 7 nitrogen and oxygen atoms in total. The molecule has 2 aromatic carbocycles. The van der Waals surface area contributed by atoms with Crippen molar-refractivity contribution in [3.05, 3.63) is 46.8 Å². The van der Waals surface area contributed by atoms with E-state index >= 15 is 0 Å². The van der Waals surface area contributed by atoms with Gasteiger partial charge in [-0.05, 0) is 43.3 Å². The van der Waals surface area contributed by atoms with Gasteiger partial charge in [-0.15, -0.1) is 11.3 Å². The largest absolute Gasteiger partial charge is 0.508 e. The van der Waals surface area contributed by atoms with Gasteiger partial charge in [-0.2, -0.15) is 0 Å². The lowest BCUT2D eigenvalue weighted by Gasteiger charge is -2.05. The number of carbonyl (C=O) groups is 1. The highest BCUT2D eigenvalue weighted by atomic mass is 32.1. The van der Waals surface area contributed by atoms with Gasteiger partial charge >= 0.3 is 0 Å². The van der Waals surface area contributed by atoms with Crippen molar-refractivity contribution in [2.45, 2.75) is 6.92 Å². The number of phenols is 4. The second kappa shape index (κ2) is 6.33. The summed E-state index contributed by atoms with van der Waals surface area (Å²) in [6.07, 6.45) is 0. The van der Waals surface area contributed by atoms with E-state index in [4.69, 9.17) is 0 Å². The number of thiazole rings is 1. The molecule has 0 saturated heterocycles. The van der Waals surface area contributed by atoms with Crippen LogP contribution in [0.2, 0.25) is 0 Å². The molecule has 1 aromatic heterocycles. The molecule has 0 fully saturated rings. The molecule has 5 N–H and O–H groups in total. The Kier molecular flexibility index (Phi) is 4.20. The first-order valence-electron chi connectivity index (χ1n) is 7.18. The van der Waals surface area contributed by atoms with Gasteiger partial charge in [0, 0.05) is 16.0 Å². The quantitative estimate of drug-likeness (QED) is 0.458. The summed E-state index contributed by atoms with van der Waals surface area (Å²) in [5, 5.41) is 40.6. The molecule has 0 bridgehead atoms. The van der Waals surface area contributed by atoms with E-state index in [1.807, 2.05) is 6.92 Å². The normalized spacial score (nSPS) is 10.6. The Hall–Kier alpha value is -3.26. The molecule has 0 spiro atoms. The topological polar surface area (TPSA) is 123 Å². The highest BCUT2D eigenvalue weighted by molar-refractivity contribution is 7.16. The van der Waals surface area contributed by atoms with E-state index in [0.717, 1.165) is 22.6 Å². The smallest absolute Gasteiger partial charge is 0.257 e. The van der Waals surface area contributed by atoms with Crippen molar-refractivity contribution in [3.63, 3.8) is 0 Å². The highest BCUT2D eigenvalue weighted by Gasteiger charge is 2.16. The van der Waals surface area contributed by atoms with Gasteiger partial charge in [-0.3, -0.25) is 10.1 Å². The number of carbonyl (C=O) groups excluding carboxylic acids is 1. The summed E-state index contributed by atoms with van der Waals surface area (Å²) in [5.41, 5.74) is 1.45. The van der Waals surface area contributed by atoms with Gasteiger partial charge in [0.2, 0.25) is 0 Å². The van der Waals surface area contributed by atoms with Crippen molar-refractivity contribution in [2.24, 2.45) is 0 Å². The van der Waals surface area contributed by atoms with Crippen LogP contribution < -0.4 is 5.32 Å². The molecule has 0 radical (unpaired) electrons. The fourth-order valence-electron chi connectivity index (χ4n) is 2.24. The number of amides is 1. The minimum absolute atomic E-state index is 0.0214. The number of hydrogen-bond acceptors (Lipinski definition) is 7. The lowest BCUT2D eigenvalue weighted by molar-refractivity contribution is 0.102. The summed E-state index contributed by atoms with van der Waals surface area (Å²) < 4.78 is 0. The second-order valence-corrected chi connectivity index (χ2v) is 6.49. The molecule has 128 valence electrons. The maximum Gasteiger partial charge on any atom is 0.257 e. The molecule has 3 rings (SSSR count). The Morgan fingerprint density at radius 1 is 1.04 bits per heavy atom. The number of hydrogen-bond donors (Lipinski definition) is 5. The van der Waals surface area contributed by atoms with E-state index in [2.05, 4.69) is 10.3 Å². The zero-order valence-electron chi connectivity index (χ0n) is 13.0. The zero-order chi connectivity index (χ0) is 18.1. The molecular weight excluding hydrogens is 344 g/mol. The third kappa shape index (κ3) is 3.33. The van der Waals surface area contributed by atoms with Crippen molar-refractivity contribution in [1.82, 2.24) is 4.98 Å². The van der Waals surface area contributed by atoms with Gasteiger partial charge in [0.15, 0.2) is 22.4 Å². The lowest BCUT2D eigenvalue weighted by atomic mass is 10.1. The van der Waals surface area contributed by atoms with Gasteiger partial charge < -0.3 is 20.4 Å². The first-order valence-corrected chi connectivity index (χ1v) is 8.00. The number of aromatic nitrogens is 1. The van der Waals surface area contributed by atoms with Crippen LogP contribution >= 0.6 is 11.3 Å². The first kappa shape index (κ1) is 16.6. The van der Waals surface area contributed by atoms with Crippen LogP contribution in [0.1, 0.15) is 15.2 Å². The van der Waals surface area contributed by atoms with Gasteiger partial charge in [0.1, 0.15) is 5.75 Å². The molecule has 0 aliphatic heterocycles. The van der Waals surface area contributed by atoms with E-state index in [1.165, 1.54) is 11.3 Å². The third-order valence-corrected chi connectivity index (χ3v) is 4.38. The Morgan fingerprint density at radius 2 is 1.64 bits per heavy atom. The van der Waals surface area contributed by atoms with Crippen LogP contribution in [0.3, 0.4) is 0 Å². The van der Waals surface area contributed by atoms with Crippen LogP contribution in [-0.4, -0.2) is 31.3 Å². The SMILES string of the molecule is Cc1sc(NC(=O)c2cc(O)c(O)c(O)c2)nc1-c1ccc(O)cc1. The van der Waals surface area contributed by atoms with Crippen molar-refractivity contribution in [3.8, 4) is 34.3 Å². The van der Waals surface area contributed by atoms with Crippen LogP contribution in [0.4, 0.5) is 5.13 Å². The van der Waals surface area contributed by atoms with Crippen LogP contribution in [0.25, 0.3) is 11.3 Å². The van der Waals surface area contributed by atoms with E-state index in [9.17, 15) is 25.2 Å². The van der Waals surface area contributed by atoms with Crippen LogP contribution in [0.5, 0.6) is 23.0 Å². The predicted molar refractivity (Wildman–Crippen MR) is 93.3 cm³/mol.